The van der Waals surface area contributed by atoms with Crippen LogP contribution >= 0.6 is 11.6 Å². The maximum Gasteiger partial charge on any atom is 0.214 e. The van der Waals surface area contributed by atoms with Crippen molar-refractivity contribution in [3.05, 3.63) is 53.2 Å². The van der Waals surface area contributed by atoms with E-state index in [-0.39, 0.29) is 12.0 Å². The Labute approximate surface area is 142 Å². The Bertz CT molecular complexity index is 786. The fourth-order valence-corrected chi connectivity index (χ4v) is 3.55. The smallest absolute Gasteiger partial charge is 0.214 e. The highest BCUT2D eigenvalue weighted by Gasteiger charge is 2.41. The maximum absolute atomic E-state index is 11.9. The lowest BCUT2D eigenvalue weighted by molar-refractivity contribution is 0.571. The lowest BCUT2D eigenvalue weighted by Gasteiger charge is -2.09. The number of hydrogen-bond donors (Lipinski definition) is 1. The quantitative estimate of drug-likeness (QED) is 0.896. The number of nitrogens with zero attached hydrogens (tertiary/aromatic N) is 1. The van der Waals surface area contributed by atoms with Crippen molar-refractivity contribution in [1.29, 1.82) is 0 Å². The Balaban J connectivity index is 1.69. The predicted molar refractivity (Wildman–Crippen MR) is 93.0 cm³/mol. The molecule has 4 nitrogen and oxygen atoms in total. The number of hydrogen-bond acceptors (Lipinski definition) is 3. The molecule has 1 heterocycles. The first-order valence-electron chi connectivity index (χ1n) is 7.60. The molecule has 3 rings (SSSR count). The molecule has 0 aliphatic heterocycles. The van der Waals surface area contributed by atoms with Crippen molar-refractivity contribution >= 4 is 21.6 Å². The van der Waals surface area contributed by atoms with Crippen LogP contribution in [-0.4, -0.2) is 24.7 Å². The average Bonchev–Trinajstić information content (AvgIpc) is 3.26. The minimum Gasteiger partial charge on any atom is -0.255 e. The summed E-state index contributed by atoms with van der Waals surface area (Å²) in [6.45, 7) is 3.38. The number of pyridine rings is 1. The summed E-state index contributed by atoms with van der Waals surface area (Å²) in [5.74, 6) is 0.260. The van der Waals surface area contributed by atoms with Crippen LogP contribution in [0, 0.1) is 0 Å². The first-order chi connectivity index (χ1) is 10.9. The van der Waals surface area contributed by atoms with E-state index in [9.17, 15) is 8.42 Å². The van der Waals surface area contributed by atoms with Crippen LogP contribution in [0.3, 0.4) is 0 Å². The molecule has 0 saturated heterocycles. The van der Waals surface area contributed by atoms with Crippen LogP contribution in [0.15, 0.2) is 42.6 Å². The summed E-state index contributed by atoms with van der Waals surface area (Å²) < 4.78 is 26.6. The molecule has 1 aromatic heterocycles. The Hall–Kier alpha value is -1.43. The van der Waals surface area contributed by atoms with Gasteiger partial charge >= 0.3 is 0 Å². The van der Waals surface area contributed by atoms with E-state index >= 15 is 0 Å². The molecule has 2 atom stereocenters. The highest BCUT2D eigenvalue weighted by atomic mass is 35.5. The summed E-state index contributed by atoms with van der Waals surface area (Å²) in [6, 6.07) is 11.8. The van der Waals surface area contributed by atoms with E-state index in [1.165, 1.54) is 0 Å². The third-order valence-corrected chi connectivity index (χ3v) is 6.18. The van der Waals surface area contributed by atoms with Crippen LogP contribution in [0.25, 0.3) is 11.3 Å². The van der Waals surface area contributed by atoms with Gasteiger partial charge in [0.15, 0.2) is 0 Å². The van der Waals surface area contributed by atoms with Crippen LogP contribution in [-0.2, 0) is 10.0 Å². The number of benzene rings is 1. The number of rotatable bonds is 5. The number of sulfonamides is 1. The normalized spacial score (nSPS) is 20.7. The van der Waals surface area contributed by atoms with E-state index in [1.54, 1.807) is 20.0 Å². The number of halogens is 1. The van der Waals surface area contributed by atoms with E-state index in [1.807, 2.05) is 36.4 Å². The van der Waals surface area contributed by atoms with Crippen molar-refractivity contribution in [2.24, 2.45) is 0 Å². The van der Waals surface area contributed by atoms with Gasteiger partial charge in [-0.1, -0.05) is 35.9 Å². The molecule has 1 aromatic carbocycles. The molecule has 6 heteroatoms. The summed E-state index contributed by atoms with van der Waals surface area (Å²) in [5.41, 5.74) is 3.04. The lowest BCUT2D eigenvalue weighted by atomic mass is 10.1. The lowest BCUT2D eigenvalue weighted by Crippen LogP contribution is -2.33. The van der Waals surface area contributed by atoms with Gasteiger partial charge in [-0.3, -0.25) is 4.98 Å². The molecule has 0 radical (unpaired) electrons. The molecule has 0 spiro atoms. The fraction of sp³-hybridized carbons (Fsp3) is 0.353. The second-order valence-corrected chi connectivity index (χ2v) is 8.85. The van der Waals surface area contributed by atoms with Crippen molar-refractivity contribution < 1.29 is 8.42 Å². The zero-order chi connectivity index (χ0) is 16.6. The van der Waals surface area contributed by atoms with Crippen LogP contribution in [0.4, 0.5) is 0 Å². The van der Waals surface area contributed by atoms with Crippen molar-refractivity contribution in [1.82, 2.24) is 9.71 Å². The van der Waals surface area contributed by atoms with Crippen molar-refractivity contribution in [2.75, 3.05) is 0 Å². The van der Waals surface area contributed by atoms with Crippen molar-refractivity contribution in [3.63, 3.8) is 0 Å². The Morgan fingerprint density at radius 2 is 1.87 bits per heavy atom. The summed E-state index contributed by atoms with van der Waals surface area (Å²) >= 11 is 5.85. The molecule has 0 amide bonds. The predicted octanol–water partition coefficient (Wildman–Crippen LogP) is 3.59. The first-order valence-corrected chi connectivity index (χ1v) is 9.52. The van der Waals surface area contributed by atoms with Crippen LogP contribution < -0.4 is 4.72 Å². The Morgan fingerprint density at radius 1 is 1.17 bits per heavy atom. The van der Waals surface area contributed by atoms with E-state index in [0.29, 0.717) is 5.02 Å². The highest BCUT2D eigenvalue weighted by Crippen LogP contribution is 2.41. The topological polar surface area (TPSA) is 59.1 Å². The van der Waals surface area contributed by atoms with E-state index in [4.69, 9.17) is 11.6 Å². The Morgan fingerprint density at radius 3 is 2.43 bits per heavy atom. The largest absolute Gasteiger partial charge is 0.255 e. The summed E-state index contributed by atoms with van der Waals surface area (Å²) in [6.07, 6.45) is 2.48. The number of aromatic nitrogens is 1. The minimum absolute atomic E-state index is 0.0157. The summed E-state index contributed by atoms with van der Waals surface area (Å²) in [4.78, 5) is 4.30. The van der Waals surface area contributed by atoms with Crippen molar-refractivity contribution in [3.8, 4) is 11.3 Å². The molecular formula is C17H19ClN2O2S. The van der Waals surface area contributed by atoms with Crippen LogP contribution in [0.5, 0.6) is 0 Å². The third kappa shape index (κ3) is 3.74. The minimum atomic E-state index is -3.20. The van der Waals surface area contributed by atoms with Crippen LogP contribution in [0.1, 0.15) is 31.7 Å². The highest BCUT2D eigenvalue weighted by molar-refractivity contribution is 7.90. The molecule has 1 aliphatic carbocycles. The maximum atomic E-state index is 11.9. The van der Waals surface area contributed by atoms with Gasteiger partial charge in [-0.05, 0) is 38.0 Å². The summed E-state index contributed by atoms with van der Waals surface area (Å²) in [5, 5.41) is 0.214. The molecule has 122 valence electrons. The molecule has 1 N–H and O–H groups in total. The Kier molecular flexibility index (Phi) is 4.45. The zero-order valence-electron chi connectivity index (χ0n) is 13.0. The standard InChI is InChI=1S/C17H19ClN2O2S/c1-11(2)23(21,22)20-17-9-15(17)12-3-5-13(6-4-12)16-8-7-14(18)10-19-16/h3-8,10-11,15,17,20H,9H2,1-2H3/t15-,17+/m0/s1. The summed E-state index contributed by atoms with van der Waals surface area (Å²) in [7, 11) is -3.20. The van der Waals surface area contributed by atoms with Gasteiger partial charge in [0.2, 0.25) is 10.0 Å². The SMILES string of the molecule is CC(C)S(=O)(=O)N[C@@H]1C[C@H]1c1ccc(-c2ccc(Cl)cn2)cc1. The molecule has 1 aliphatic rings. The van der Waals surface area contributed by atoms with Crippen molar-refractivity contribution in [2.45, 2.75) is 37.5 Å². The molecule has 1 saturated carbocycles. The molecule has 0 bridgehead atoms. The monoisotopic (exact) mass is 350 g/mol. The second-order valence-electron chi connectivity index (χ2n) is 6.14. The van der Waals surface area contributed by atoms with Crippen LogP contribution in [0.2, 0.25) is 5.02 Å². The van der Waals surface area contributed by atoms with E-state index in [0.717, 1.165) is 23.2 Å². The molecule has 1 fully saturated rings. The van der Waals surface area contributed by atoms with E-state index in [2.05, 4.69) is 9.71 Å². The van der Waals surface area contributed by atoms with E-state index < -0.39 is 15.3 Å². The van der Waals surface area contributed by atoms with Gasteiger partial charge in [0.1, 0.15) is 0 Å². The molecule has 2 aromatic rings. The second kappa shape index (κ2) is 6.23. The van der Waals surface area contributed by atoms with Gasteiger partial charge < -0.3 is 0 Å². The van der Waals surface area contributed by atoms with Gasteiger partial charge in [-0.15, -0.1) is 0 Å². The fourth-order valence-electron chi connectivity index (χ4n) is 2.49. The van der Waals surface area contributed by atoms with Gasteiger partial charge in [-0.25, -0.2) is 13.1 Å². The molecule has 23 heavy (non-hydrogen) atoms. The first kappa shape index (κ1) is 16.4. The molecule has 0 unspecified atom stereocenters. The number of nitrogens with one attached hydrogen (secondary N) is 1. The zero-order valence-corrected chi connectivity index (χ0v) is 14.6. The van der Waals surface area contributed by atoms with Gasteiger partial charge in [-0.2, -0.15) is 0 Å². The average molecular weight is 351 g/mol. The van der Waals surface area contributed by atoms with Gasteiger partial charge in [0, 0.05) is 23.7 Å². The third-order valence-electron chi connectivity index (χ3n) is 4.09. The molecular weight excluding hydrogens is 332 g/mol. The van der Waals surface area contributed by atoms with Gasteiger partial charge in [0.25, 0.3) is 0 Å². The van der Waals surface area contributed by atoms with Gasteiger partial charge in [0.05, 0.1) is 16.0 Å².